The predicted octanol–water partition coefficient (Wildman–Crippen LogP) is 3.07. The van der Waals surface area contributed by atoms with E-state index in [-0.39, 0.29) is 0 Å². The van der Waals surface area contributed by atoms with Gasteiger partial charge in [-0.25, -0.2) is 0 Å². The van der Waals surface area contributed by atoms with E-state index in [1.807, 2.05) is 23.2 Å². The van der Waals surface area contributed by atoms with E-state index in [4.69, 9.17) is 4.74 Å². The summed E-state index contributed by atoms with van der Waals surface area (Å²) in [5, 5.41) is 0. The maximum atomic E-state index is 5.05. The largest absolute Gasteiger partial charge is 0.380 e. The van der Waals surface area contributed by atoms with Crippen LogP contribution in [0.1, 0.15) is 5.56 Å². The monoisotopic (exact) mass is 226 g/mol. The van der Waals surface area contributed by atoms with E-state index in [1.165, 1.54) is 5.56 Å². The van der Waals surface area contributed by atoms with E-state index in [0.29, 0.717) is 6.61 Å². The number of ether oxygens (including phenoxy) is 1. The summed E-state index contributed by atoms with van der Waals surface area (Å²) in [5.74, 6) is 0. The summed E-state index contributed by atoms with van der Waals surface area (Å²) >= 11 is 3.31. The van der Waals surface area contributed by atoms with Gasteiger partial charge in [-0.05, 0) is 16.1 Å². The van der Waals surface area contributed by atoms with E-state index < -0.39 is 0 Å². The van der Waals surface area contributed by atoms with Gasteiger partial charge in [-0.3, -0.25) is 0 Å². The van der Waals surface area contributed by atoms with E-state index in [1.54, 1.807) is 7.11 Å². The van der Waals surface area contributed by atoms with E-state index >= 15 is 0 Å². The molecule has 1 aromatic carbocycles. The molecule has 0 saturated heterocycles. The summed E-state index contributed by atoms with van der Waals surface area (Å²) in [4.78, 5) is 1.89. The lowest BCUT2D eigenvalue weighted by Crippen LogP contribution is -1.92. The lowest BCUT2D eigenvalue weighted by Gasteiger charge is -2.03. The lowest BCUT2D eigenvalue weighted by atomic mass is 10.1. The van der Waals surface area contributed by atoms with Crippen molar-refractivity contribution >= 4 is 21.5 Å². The molecule has 1 aromatic rings. The van der Waals surface area contributed by atoms with Gasteiger partial charge < -0.3 is 4.74 Å². The minimum atomic E-state index is 0.634. The molecule has 0 saturated carbocycles. The van der Waals surface area contributed by atoms with Gasteiger partial charge in [-0.1, -0.05) is 46.3 Å². The summed E-state index contributed by atoms with van der Waals surface area (Å²) in [6, 6.07) is 10.2. The molecule has 0 fully saturated rings. The van der Waals surface area contributed by atoms with Gasteiger partial charge in [0, 0.05) is 7.11 Å². The third-order valence-corrected chi connectivity index (χ3v) is 2.13. The first-order valence-electron chi connectivity index (χ1n) is 3.72. The summed E-state index contributed by atoms with van der Waals surface area (Å²) in [5.41, 5.74) is 2.34. The first-order valence-corrected chi connectivity index (χ1v) is 4.63. The Morgan fingerprint density at radius 2 is 2.08 bits per heavy atom. The van der Waals surface area contributed by atoms with Crippen molar-refractivity contribution < 1.29 is 4.74 Å². The Hall–Kier alpha value is -0.600. The minimum Gasteiger partial charge on any atom is -0.380 e. The molecule has 0 amide bonds. The first kappa shape index (κ1) is 9.49. The molecule has 0 heterocycles. The van der Waals surface area contributed by atoms with Crippen molar-refractivity contribution in [2.75, 3.05) is 13.7 Å². The molecule has 1 rings (SSSR count). The number of hydrogen-bond donors (Lipinski definition) is 0. The van der Waals surface area contributed by atoms with E-state index in [9.17, 15) is 0 Å². The zero-order chi connectivity index (χ0) is 8.81. The fourth-order valence-electron chi connectivity index (χ4n) is 0.986. The highest BCUT2D eigenvalue weighted by Crippen LogP contribution is 2.15. The van der Waals surface area contributed by atoms with Crippen LogP contribution in [0.15, 0.2) is 35.3 Å². The maximum absolute atomic E-state index is 5.05. The lowest BCUT2D eigenvalue weighted by molar-refractivity contribution is 0.240. The quantitative estimate of drug-likeness (QED) is 0.770. The zero-order valence-corrected chi connectivity index (χ0v) is 8.54. The van der Waals surface area contributed by atoms with Gasteiger partial charge in [0.05, 0.1) is 6.61 Å². The van der Waals surface area contributed by atoms with Crippen molar-refractivity contribution in [3.63, 3.8) is 0 Å². The molecule has 2 heteroatoms. The summed E-state index contributed by atoms with van der Waals surface area (Å²) < 4.78 is 5.05. The summed E-state index contributed by atoms with van der Waals surface area (Å²) in [6.07, 6.45) is 0. The second kappa shape index (κ2) is 5.12. The van der Waals surface area contributed by atoms with Crippen LogP contribution in [-0.2, 0) is 4.74 Å². The zero-order valence-electron chi connectivity index (χ0n) is 6.96. The van der Waals surface area contributed by atoms with Crippen LogP contribution < -0.4 is 0 Å². The van der Waals surface area contributed by atoms with Crippen molar-refractivity contribution in [1.82, 2.24) is 0 Å². The fourth-order valence-corrected chi connectivity index (χ4v) is 1.38. The molecule has 0 bridgehead atoms. The highest BCUT2D eigenvalue weighted by atomic mass is 79.9. The van der Waals surface area contributed by atoms with Crippen molar-refractivity contribution in [3.8, 4) is 0 Å². The van der Waals surface area contributed by atoms with Crippen LogP contribution in [0.5, 0.6) is 0 Å². The molecule has 0 unspecified atom stereocenters. The maximum Gasteiger partial charge on any atom is 0.0723 e. The standard InChI is InChI=1S/C10H11BrO/c1-12-8-10(7-11)9-5-3-2-4-6-9/h2-7H,8H2,1H3. The van der Waals surface area contributed by atoms with Crippen molar-refractivity contribution in [1.29, 1.82) is 0 Å². The van der Waals surface area contributed by atoms with Crippen LogP contribution in [0.4, 0.5) is 0 Å². The second-order valence-electron chi connectivity index (χ2n) is 2.43. The molecule has 0 spiro atoms. The highest BCUT2D eigenvalue weighted by Gasteiger charge is 1.97. The average Bonchev–Trinajstić information content (AvgIpc) is 2.15. The van der Waals surface area contributed by atoms with Gasteiger partial charge in [-0.2, -0.15) is 0 Å². The molecule has 0 N–H and O–H groups in total. The molecule has 0 aromatic heterocycles. The number of benzene rings is 1. The molecule has 64 valence electrons. The SMILES string of the molecule is COCC(=CBr)c1ccccc1. The summed E-state index contributed by atoms with van der Waals surface area (Å²) in [7, 11) is 1.69. The Bertz CT molecular complexity index is 254. The van der Waals surface area contributed by atoms with Gasteiger partial charge in [0.15, 0.2) is 0 Å². The molecule has 0 atom stereocenters. The molecular formula is C10H11BrO. The van der Waals surface area contributed by atoms with Crippen molar-refractivity contribution in [2.24, 2.45) is 0 Å². The second-order valence-corrected chi connectivity index (χ2v) is 2.89. The molecule has 0 aliphatic rings. The smallest absolute Gasteiger partial charge is 0.0723 e. The Morgan fingerprint density at radius 1 is 1.42 bits per heavy atom. The molecule has 0 aliphatic heterocycles. The van der Waals surface area contributed by atoms with Gasteiger partial charge in [0.25, 0.3) is 0 Å². The van der Waals surface area contributed by atoms with Gasteiger partial charge in [0.1, 0.15) is 0 Å². The van der Waals surface area contributed by atoms with Crippen LogP contribution in [0, 0.1) is 0 Å². The Balaban J connectivity index is 2.82. The van der Waals surface area contributed by atoms with Crippen molar-refractivity contribution in [2.45, 2.75) is 0 Å². The van der Waals surface area contributed by atoms with Gasteiger partial charge >= 0.3 is 0 Å². The van der Waals surface area contributed by atoms with Crippen LogP contribution in [0.2, 0.25) is 0 Å². The highest BCUT2D eigenvalue weighted by molar-refractivity contribution is 9.11. The predicted molar refractivity (Wildman–Crippen MR) is 55.2 cm³/mol. The van der Waals surface area contributed by atoms with Crippen LogP contribution >= 0.6 is 15.9 Å². The number of hydrogen-bond acceptors (Lipinski definition) is 1. The Morgan fingerprint density at radius 3 is 2.58 bits per heavy atom. The number of rotatable bonds is 3. The Labute approximate surface area is 81.2 Å². The normalized spacial score (nSPS) is 11.7. The first-order chi connectivity index (χ1) is 5.88. The summed E-state index contributed by atoms with van der Waals surface area (Å²) in [6.45, 7) is 0.634. The third-order valence-electron chi connectivity index (χ3n) is 1.58. The van der Waals surface area contributed by atoms with Gasteiger partial charge in [0.2, 0.25) is 0 Å². The van der Waals surface area contributed by atoms with E-state index in [2.05, 4.69) is 28.1 Å². The third kappa shape index (κ3) is 2.47. The minimum absolute atomic E-state index is 0.634. The average molecular weight is 227 g/mol. The number of methoxy groups -OCH3 is 1. The number of halogens is 1. The van der Waals surface area contributed by atoms with Crippen molar-refractivity contribution in [3.05, 3.63) is 40.9 Å². The van der Waals surface area contributed by atoms with E-state index in [0.717, 1.165) is 5.57 Å². The van der Waals surface area contributed by atoms with Gasteiger partial charge in [-0.15, -0.1) is 0 Å². The fraction of sp³-hybridized carbons (Fsp3) is 0.200. The molecule has 0 radical (unpaired) electrons. The molecular weight excluding hydrogens is 216 g/mol. The molecule has 12 heavy (non-hydrogen) atoms. The van der Waals surface area contributed by atoms with Crippen LogP contribution in [0.3, 0.4) is 0 Å². The van der Waals surface area contributed by atoms with Crippen LogP contribution in [0.25, 0.3) is 5.57 Å². The molecule has 1 nitrogen and oxygen atoms in total. The topological polar surface area (TPSA) is 9.23 Å². The van der Waals surface area contributed by atoms with Crippen LogP contribution in [-0.4, -0.2) is 13.7 Å². The Kier molecular flexibility index (Phi) is 4.05. The molecule has 0 aliphatic carbocycles.